The summed E-state index contributed by atoms with van der Waals surface area (Å²) >= 11 is 0. The summed E-state index contributed by atoms with van der Waals surface area (Å²) in [6, 6.07) is 10.4. The number of carboxylic acid groups (broad SMARTS) is 1. The highest BCUT2D eigenvalue weighted by molar-refractivity contribution is 5.89. The molecule has 4 rings (SSSR count). The largest absolute Gasteiger partial charge is 0.478 e. The molecule has 2 aromatic carbocycles. The lowest BCUT2D eigenvalue weighted by atomic mass is 10.1. The van der Waals surface area contributed by atoms with E-state index in [0.29, 0.717) is 30.1 Å². The van der Waals surface area contributed by atoms with Crippen LogP contribution in [0.1, 0.15) is 28.8 Å². The molecule has 8 heteroatoms. The lowest BCUT2D eigenvalue weighted by Crippen LogP contribution is -2.45. The maximum absolute atomic E-state index is 13.8. The van der Waals surface area contributed by atoms with Crippen molar-refractivity contribution in [3.05, 3.63) is 69.8 Å². The van der Waals surface area contributed by atoms with Crippen molar-refractivity contribution in [3.8, 4) is 0 Å². The van der Waals surface area contributed by atoms with Gasteiger partial charge in [0.15, 0.2) is 0 Å². The highest BCUT2D eigenvalue weighted by Gasteiger charge is 2.23. The minimum absolute atomic E-state index is 0.0157. The maximum Gasteiger partial charge on any atom is 0.336 e. The summed E-state index contributed by atoms with van der Waals surface area (Å²) in [5.74, 6) is -1.18. The fourth-order valence-electron chi connectivity index (χ4n) is 3.79. The SMILES string of the molecule is N[C@@H]1CCCN(c2nc3ccc(F)cc3c(=O)n2Cc2ccccc2C(=O)O)C1. The minimum atomic E-state index is -1.07. The number of fused-ring (bicyclic) bond motifs is 1. The number of piperidine rings is 1. The molecule has 3 N–H and O–H groups in total. The number of rotatable bonds is 4. The number of nitrogens with two attached hydrogens (primary N) is 1. The molecule has 0 spiro atoms. The number of benzene rings is 2. The molecule has 3 aromatic rings. The van der Waals surface area contributed by atoms with E-state index in [1.165, 1.54) is 22.8 Å². The number of aromatic carboxylic acids is 1. The van der Waals surface area contributed by atoms with Crippen molar-refractivity contribution in [1.82, 2.24) is 9.55 Å². The zero-order valence-corrected chi connectivity index (χ0v) is 15.7. The molecule has 1 saturated heterocycles. The Morgan fingerprint density at radius 3 is 2.83 bits per heavy atom. The fraction of sp³-hybridized carbons (Fsp3) is 0.286. The standard InChI is InChI=1S/C21H21FN4O3/c22-14-7-8-18-17(10-14)19(27)26(11-13-4-1-2-6-16(13)20(28)29)21(24-18)25-9-3-5-15(23)12-25/h1-2,4,6-8,10,15H,3,5,9,11-12,23H2,(H,28,29)/t15-/m1/s1. The Kier molecular flexibility index (Phi) is 5.02. The van der Waals surface area contributed by atoms with Gasteiger partial charge in [0.25, 0.3) is 5.56 Å². The maximum atomic E-state index is 13.8. The van der Waals surface area contributed by atoms with E-state index in [-0.39, 0.29) is 23.5 Å². The van der Waals surface area contributed by atoms with E-state index in [0.717, 1.165) is 18.9 Å². The van der Waals surface area contributed by atoms with Gasteiger partial charge in [0.05, 0.1) is 23.0 Å². The van der Waals surface area contributed by atoms with Gasteiger partial charge in [-0.15, -0.1) is 0 Å². The predicted octanol–water partition coefficient (Wildman–Crippen LogP) is 2.21. The summed E-state index contributed by atoms with van der Waals surface area (Å²) in [6.07, 6.45) is 1.76. The van der Waals surface area contributed by atoms with Gasteiger partial charge in [0, 0.05) is 19.1 Å². The average molecular weight is 396 g/mol. The Hall–Kier alpha value is -3.26. The molecule has 1 aromatic heterocycles. The van der Waals surface area contributed by atoms with Gasteiger partial charge in [0.1, 0.15) is 5.82 Å². The molecule has 0 saturated carbocycles. The molecule has 0 aliphatic carbocycles. The van der Waals surface area contributed by atoms with Gasteiger partial charge in [-0.3, -0.25) is 9.36 Å². The second kappa shape index (κ2) is 7.63. The summed E-state index contributed by atoms with van der Waals surface area (Å²) in [5.41, 5.74) is 6.68. The molecule has 0 bridgehead atoms. The second-order valence-corrected chi connectivity index (χ2v) is 7.28. The van der Waals surface area contributed by atoms with Crippen LogP contribution in [0.2, 0.25) is 0 Å². The second-order valence-electron chi connectivity index (χ2n) is 7.28. The highest BCUT2D eigenvalue weighted by atomic mass is 19.1. The molecule has 0 amide bonds. The third-order valence-corrected chi connectivity index (χ3v) is 5.21. The summed E-state index contributed by atoms with van der Waals surface area (Å²) < 4.78 is 15.2. The van der Waals surface area contributed by atoms with Crippen LogP contribution in [-0.2, 0) is 6.54 Å². The summed E-state index contributed by atoms with van der Waals surface area (Å²) in [6.45, 7) is 1.25. The number of carboxylic acids is 1. The smallest absolute Gasteiger partial charge is 0.336 e. The van der Waals surface area contributed by atoms with Crippen molar-refractivity contribution in [2.75, 3.05) is 18.0 Å². The Bertz CT molecular complexity index is 1140. The van der Waals surface area contributed by atoms with Crippen LogP contribution in [0.3, 0.4) is 0 Å². The third-order valence-electron chi connectivity index (χ3n) is 5.21. The van der Waals surface area contributed by atoms with Gasteiger partial charge in [-0.25, -0.2) is 14.2 Å². The molecule has 1 atom stereocenters. The number of carbonyl (C=O) groups is 1. The van der Waals surface area contributed by atoms with Crippen LogP contribution >= 0.6 is 0 Å². The number of anilines is 1. The van der Waals surface area contributed by atoms with Gasteiger partial charge >= 0.3 is 5.97 Å². The third kappa shape index (κ3) is 3.71. The lowest BCUT2D eigenvalue weighted by molar-refractivity contribution is 0.0695. The average Bonchev–Trinajstić information content (AvgIpc) is 2.70. The molecule has 2 heterocycles. The molecular formula is C21H21FN4O3. The molecule has 1 aliphatic rings. The van der Waals surface area contributed by atoms with Gasteiger partial charge in [-0.1, -0.05) is 18.2 Å². The summed E-state index contributed by atoms with van der Waals surface area (Å²) in [5, 5.41) is 9.65. The van der Waals surface area contributed by atoms with E-state index in [4.69, 9.17) is 5.73 Å². The van der Waals surface area contributed by atoms with Crippen LogP contribution in [0.4, 0.5) is 10.3 Å². The first-order chi connectivity index (χ1) is 13.9. The minimum Gasteiger partial charge on any atom is -0.478 e. The van der Waals surface area contributed by atoms with Crippen molar-refractivity contribution in [2.24, 2.45) is 5.73 Å². The van der Waals surface area contributed by atoms with Crippen LogP contribution in [-0.4, -0.2) is 39.8 Å². The quantitative estimate of drug-likeness (QED) is 0.701. The Balaban J connectivity index is 1.90. The van der Waals surface area contributed by atoms with Crippen molar-refractivity contribution < 1.29 is 14.3 Å². The number of hydrogen-bond acceptors (Lipinski definition) is 5. The normalized spacial score (nSPS) is 16.9. The van der Waals surface area contributed by atoms with E-state index >= 15 is 0 Å². The first kappa shape index (κ1) is 19.1. The molecule has 29 heavy (non-hydrogen) atoms. The van der Waals surface area contributed by atoms with Gasteiger partial charge in [-0.2, -0.15) is 0 Å². The van der Waals surface area contributed by atoms with Crippen molar-refractivity contribution >= 4 is 22.8 Å². The molecule has 1 aliphatic heterocycles. The summed E-state index contributed by atoms with van der Waals surface area (Å²) in [7, 11) is 0. The van der Waals surface area contributed by atoms with Gasteiger partial charge < -0.3 is 15.7 Å². The van der Waals surface area contributed by atoms with E-state index in [1.807, 2.05) is 4.90 Å². The van der Waals surface area contributed by atoms with Gasteiger partial charge in [0.2, 0.25) is 5.95 Å². The topological polar surface area (TPSA) is 101 Å². The van der Waals surface area contributed by atoms with E-state index in [9.17, 15) is 19.1 Å². The Morgan fingerprint density at radius 2 is 2.07 bits per heavy atom. The van der Waals surface area contributed by atoms with E-state index in [2.05, 4.69) is 4.98 Å². The molecule has 1 fully saturated rings. The van der Waals surface area contributed by atoms with E-state index < -0.39 is 17.3 Å². The first-order valence-corrected chi connectivity index (χ1v) is 9.46. The lowest BCUT2D eigenvalue weighted by Gasteiger charge is -2.33. The van der Waals surface area contributed by atoms with Crippen molar-refractivity contribution in [1.29, 1.82) is 0 Å². The molecule has 7 nitrogen and oxygen atoms in total. The zero-order chi connectivity index (χ0) is 20.5. The predicted molar refractivity (Wildman–Crippen MR) is 108 cm³/mol. The zero-order valence-electron chi connectivity index (χ0n) is 15.7. The number of nitrogens with zero attached hydrogens (tertiary/aromatic N) is 3. The van der Waals surface area contributed by atoms with Crippen LogP contribution in [0.15, 0.2) is 47.3 Å². The van der Waals surface area contributed by atoms with Crippen molar-refractivity contribution in [3.63, 3.8) is 0 Å². The summed E-state index contributed by atoms with van der Waals surface area (Å²) in [4.78, 5) is 31.4. The Morgan fingerprint density at radius 1 is 1.28 bits per heavy atom. The molecule has 0 unspecified atom stereocenters. The van der Waals surface area contributed by atoms with Crippen LogP contribution < -0.4 is 16.2 Å². The fourth-order valence-corrected chi connectivity index (χ4v) is 3.79. The van der Waals surface area contributed by atoms with Crippen LogP contribution in [0, 0.1) is 5.82 Å². The molecular weight excluding hydrogens is 375 g/mol. The number of halogens is 1. The molecule has 0 radical (unpaired) electrons. The highest BCUT2D eigenvalue weighted by Crippen LogP contribution is 2.22. The molecule has 150 valence electrons. The number of hydrogen-bond donors (Lipinski definition) is 2. The Labute approximate surface area is 166 Å². The van der Waals surface area contributed by atoms with Crippen molar-refractivity contribution in [2.45, 2.75) is 25.4 Å². The van der Waals surface area contributed by atoms with Crippen LogP contribution in [0.5, 0.6) is 0 Å². The van der Waals surface area contributed by atoms with Crippen LogP contribution in [0.25, 0.3) is 10.9 Å². The number of aromatic nitrogens is 2. The first-order valence-electron chi connectivity index (χ1n) is 9.46. The van der Waals surface area contributed by atoms with Gasteiger partial charge in [-0.05, 0) is 42.7 Å². The van der Waals surface area contributed by atoms with E-state index in [1.54, 1.807) is 18.2 Å². The monoisotopic (exact) mass is 396 g/mol.